The molecule has 0 bridgehead atoms. The molecular formula is C14H15FN2O4. The molecule has 0 atom stereocenters. The van der Waals surface area contributed by atoms with Gasteiger partial charge in [-0.1, -0.05) is 6.08 Å². The van der Waals surface area contributed by atoms with Crippen LogP contribution in [-0.2, 0) is 19.1 Å². The highest BCUT2D eigenvalue weighted by atomic mass is 19.1. The minimum Gasteiger partial charge on any atom is -0.452 e. The summed E-state index contributed by atoms with van der Waals surface area (Å²) < 4.78 is 17.3. The molecule has 0 spiro atoms. The van der Waals surface area contributed by atoms with E-state index < -0.39 is 30.2 Å². The summed E-state index contributed by atoms with van der Waals surface area (Å²) >= 11 is 0. The molecule has 0 saturated heterocycles. The molecule has 2 N–H and O–H groups in total. The maximum absolute atomic E-state index is 12.7. The van der Waals surface area contributed by atoms with Crippen molar-refractivity contribution in [3.05, 3.63) is 42.2 Å². The van der Waals surface area contributed by atoms with Crippen LogP contribution in [0, 0.1) is 5.82 Å². The van der Waals surface area contributed by atoms with Gasteiger partial charge in [-0.05, 0) is 31.2 Å². The molecular weight excluding hydrogens is 279 g/mol. The number of benzene rings is 1. The summed E-state index contributed by atoms with van der Waals surface area (Å²) in [4.78, 5) is 33.8. The van der Waals surface area contributed by atoms with Crippen LogP contribution in [0.1, 0.15) is 6.92 Å². The normalized spacial score (nSPS) is 10.2. The fourth-order valence-electron chi connectivity index (χ4n) is 1.29. The molecule has 0 aliphatic carbocycles. The van der Waals surface area contributed by atoms with Crippen molar-refractivity contribution in [1.29, 1.82) is 0 Å². The van der Waals surface area contributed by atoms with E-state index in [0.29, 0.717) is 5.69 Å². The van der Waals surface area contributed by atoms with Gasteiger partial charge >= 0.3 is 5.97 Å². The number of nitrogens with one attached hydrogen (secondary N) is 2. The van der Waals surface area contributed by atoms with Gasteiger partial charge in [0.25, 0.3) is 5.91 Å². The first-order valence-corrected chi connectivity index (χ1v) is 6.13. The van der Waals surface area contributed by atoms with Gasteiger partial charge in [-0.15, -0.1) is 0 Å². The topological polar surface area (TPSA) is 84.5 Å². The quantitative estimate of drug-likeness (QED) is 0.605. The molecule has 2 amide bonds. The Bertz CT molecular complexity index is 540. The Hall–Kier alpha value is -2.70. The highest BCUT2D eigenvalue weighted by Crippen LogP contribution is 2.07. The molecule has 112 valence electrons. The Labute approximate surface area is 121 Å². The average Bonchev–Trinajstić information content (AvgIpc) is 2.46. The Morgan fingerprint density at radius 1 is 1.19 bits per heavy atom. The lowest BCUT2D eigenvalue weighted by Gasteiger charge is -2.07. The van der Waals surface area contributed by atoms with Gasteiger partial charge in [0, 0.05) is 11.8 Å². The molecule has 7 heteroatoms. The Kier molecular flexibility index (Phi) is 6.59. The largest absolute Gasteiger partial charge is 0.452 e. The number of esters is 1. The van der Waals surface area contributed by atoms with Gasteiger partial charge in [0.05, 0.1) is 6.54 Å². The van der Waals surface area contributed by atoms with Gasteiger partial charge in [-0.3, -0.25) is 9.59 Å². The van der Waals surface area contributed by atoms with Gasteiger partial charge in [0.2, 0.25) is 5.91 Å². The number of carbonyl (C=O) groups is 3. The maximum Gasteiger partial charge on any atom is 0.330 e. The van der Waals surface area contributed by atoms with E-state index in [9.17, 15) is 18.8 Å². The van der Waals surface area contributed by atoms with Crippen molar-refractivity contribution in [2.75, 3.05) is 18.5 Å². The molecule has 0 unspecified atom stereocenters. The minimum absolute atomic E-state index is 0.280. The number of hydrogen-bond donors (Lipinski definition) is 2. The van der Waals surface area contributed by atoms with E-state index >= 15 is 0 Å². The first kappa shape index (κ1) is 16.4. The molecule has 1 rings (SSSR count). The SMILES string of the molecule is C/C=C/C(=O)OCC(=O)NCC(=O)Nc1ccc(F)cc1. The van der Waals surface area contributed by atoms with Gasteiger partial charge in [-0.2, -0.15) is 0 Å². The number of allylic oxidation sites excluding steroid dienone is 1. The van der Waals surface area contributed by atoms with Gasteiger partial charge in [0.15, 0.2) is 6.61 Å². The number of carbonyl (C=O) groups excluding carboxylic acids is 3. The third-order valence-electron chi connectivity index (χ3n) is 2.22. The van der Waals surface area contributed by atoms with E-state index in [4.69, 9.17) is 0 Å². The molecule has 21 heavy (non-hydrogen) atoms. The monoisotopic (exact) mass is 294 g/mol. The van der Waals surface area contributed by atoms with E-state index in [0.717, 1.165) is 0 Å². The van der Waals surface area contributed by atoms with Crippen LogP contribution in [0.25, 0.3) is 0 Å². The lowest BCUT2D eigenvalue weighted by atomic mass is 10.3. The fraction of sp³-hybridized carbons (Fsp3) is 0.214. The first-order valence-electron chi connectivity index (χ1n) is 6.13. The molecule has 0 saturated carbocycles. The minimum atomic E-state index is -0.636. The molecule has 6 nitrogen and oxygen atoms in total. The Balaban J connectivity index is 2.27. The first-order chi connectivity index (χ1) is 10.0. The molecule has 1 aromatic carbocycles. The van der Waals surface area contributed by atoms with Crippen LogP contribution >= 0.6 is 0 Å². The van der Waals surface area contributed by atoms with Crippen molar-refractivity contribution in [1.82, 2.24) is 5.32 Å². The smallest absolute Gasteiger partial charge is 0.330 e. The number of halogens is 1. The Morgan fingerprint density at radius 2 is 1.86 bits per heavy atom. The van der Waals surface area contributed by atoms with Crippen molar-refractivity contribution in [2.24, 2.45) is 0 Å². The fourth-order valence-corrected chi connectivity index (χ4v) is 1.29. The van der Waals surface area contributed by atoms with Crippen LogP contribution in [0.2, 0.25) is 0 Å². The molecule has 0 heterocycles. The molecule has 0 aliphatic rings. The second-order valence-electron chi connectivity index (χ2n) is 3.94. The van der Waals surface area contributed by atoms with Gasteiger partial charge < -0.3 is 15.4 Å². The summed E-state index contributed by atoms with van der Waals surface area (Å²) in [5.74, 6) is -2.12. The zero-order valence-corrected chi connectivity index (χ0v) is 11.4. The maximum atomic E-state index is 12.7. The van der Waals surface area contributed by atoms with Crippen molar-refractivity contribution in [2.45, 2.75) is 6.92 Å². The predicted octanol–water partition coefficient (Wildman–Crippen LogP) is 1.000. The second-order valence-corrected chi connectivity index (χ2v) is 3.94. The molecule has 1 aromatic rings. The summed E-state index contributed by atoms with van der Waals surface area (Å²) in [6, 6.07) is 5.20. The van der Waals surface area contributed by atoms with Crippen LogP contribution in [0.15, 0.2) is 36.4 Å². The number of anilines is 1. The summed E-state index contributed by atoms with van der Waals surface area (Å²) in [6.45, 7) is 0.894. The lowest BCUT2D eigenvalue weighted by Crippen LogP contribution is -2.35. The molecule has 0 fully saturated rings. The predicted molar refractivity (Wildman–Crippen MR) is 73.8 cm³/mol. The van der Waals surface area contributed by atoms with Crippen LogP contribution in [-0.4, -0.2) is 30.9 Å². The van der Waals surface area contributed by atoms with Crippen LogP contribution < -0.4 is 10.6 Å². The number of ether oxygens (including phenoxy) is 1. The van der Waals surface area contributed by atoms with Crippen molar-refractivity contribution < 1.29 is 23.5 Å². The van der Waals surface area contributed by atoms with E-state index in [1.807, 2.05) is 0 Å². The van der Waals surface area contributed by atoms with Crippen LogP contribution in [0.5, 0.6) is 0 Å². The summed E-state index contributed by atoms with van der Waals surface area (Å²) in [7, 11) is 0. The summed E-state index contributed by atoms with van der Waals surface area (Å²) in [6.07, 6.45) is 2.66. The lowest BCUT2D eigenvalue weighted by molar-refractivity contribution is -0.143. The standard InChI is InChI=1S/C14H15FN2O4/c1-2-3-14(20)21-9-13(19)16-8-12(18)17-11-6-4-10(15)5-7-11/h2-7H,8-9H2,1H3,(H,16,19)(H,17,18)/b3-2+. The average molecular weight is 294 g/mol. The zero-order valence-electron chi connectivity index (χ0n) is 11.4. The van der Waals surface area contributed by atoms with E-state index in [-0.39, 0.29) is 6.54 Å². The van der Waals surface area contributed by atoms with E-state index in [1.165, 1.54) is 36.4 Å². The second kappa shape index (κ2) is 8.47. The van der Waals surface area contributed by atoms with Crippen LogP contribution in [0.4, 0.5) is 10.1 Å². The summed E-state index contributed by atoms with van der Waals surface area (Å²) in [5, 5.41) is 4.76. The van der Waals surface area contributed by atoms with Crippen LogP contribution in [0.3, 0.4) is 0 Å². The third kappa shape index (κ3) is 6.86. The number of hydrogen-bond acceptors (Lipinski definition) is 4. The molecule has 0 radical (unpaired) electrons. The van der Waals surface area contributed by atoms with E-state index in [1.54, 1.807) is 6.92 Å². The van der Waals surface area contributed by atoms with Gasteiger partial charge in [0.1, 0.15) is 5.82 Å². The number of rotatable bonds is 6. The zero-order chi connectivity index (χ0) is 15.7. The van der Waals surface area contributed by atoms with Crippen molar-refractivity contribution >= 4 is 23.5 Å². The highest BCUT2D eigenvalue weighted by molar-refractivity contribution is 5.95. The molecule has 0 aliphatic heterocycles. The van der Waals surface area contributed by atoms with E-state index in [2.05, 4.69) is 15.4 Å². The van der Waals surface area contributed by atoms with Crippen molar-refractivity contribution in [3.8, 4) is 0 Å². The third-order valence-corrected chi connectivity index (χ3v) is 2.22. The Morgan fingerprint density at radius 3 is 2.48 bits per heavy atom. The number of amides is 2. The van der Waals surface area contributed by atoms with Crippen molar-refractivity contribution in [3.63, 3.8) is 0 Å². The molecule has 0 aromatic heterocycles. The van der Waals surface area contributed by atoms with Gasteiger partial charge in [-0.25, -0.2) is 9.18 Å². The highest BCUT2D eigenvalue weighted by Gasteiger charge is 2.07. The summed E-state index contributed by atoms with van der Waals surface area (Å²) in [5.41, 5.74) is 0.412.